The quantitative estimate of drug-likeness (QED) is 0.583. The fraction of sp³-hybridized carbons (Fsp3) is 0.227. The predicted octanol–water partition coefficient (Wildman–Crippen LogP) is 2.58. The van der Waals surface area contributed by atoms with Crippen LogP contribution < -0.4 is 5.56 Å². The van der Waals surface area contributed by atoms with Gasteiger partial charge in [-0.2, -0.15) is 5.10 Å². The van der Waals surface area contributed by atoms with Crippen LogP contribution in [0.4, 0.5) is 0 Å². The lowest BCUT2D eigenvalue weighted by Gasteiger charge is -2.26. The first-order valence-corrected chi connectivity index (χ1v) is 9.69. The summed E-state index contributed by atoms with van der Waals surface area (Å²) in [5, 5.41) is 4.43. The van der Waals surface area contributed by atoms with Gasteiger partial charge in [-0.05, 0) is 23.3 Å². The van der Waals surface area contributed by atoms with Gasteiger partial charge in [0, 0.05) is 49.2 Å². The third-order valence-corrected chi connectivity index (χ3v) is 5.21. The fourth-order valence-electron chi connectivity index (χ4n) is 3.64. The molecular weight excluding hydrogens is 366 g/mol. The number of hydrogen-bond donors (Lipinski definition) is 1. The number of pyridine rings is 1. The van der Waals surface area contributed by atoms with Crippen LogP contribution >= 0.6 is 0 Å². The summed E-state index contributed by atoms with van der Waals surface area (Å²) in [5.41, 5.74) is 5.47. The fourth-order valence-corrected chi connectivity index (χ4v) is 3.64. The highest BCUT2D eigenvalue weighted by atomic mass is 16.5. The van der Waals surface area contributed by atoms with E-state index in [1.807, 2.05) is 24.5 Å². The van der Waals surface area contributed by atoms with E-state index in [4.69, 9.17) is 9.72 Å². The summed E-state index contributed by atoms with van der Waals surface area (Å²) < 4.78 is 7.18. The molecule has 1 saturated heterocycles. The summed E-state index contributed by atoms with van der Waals surface area (Å²) in [7, 11) is 0. The van der Waals surface area contributed by atoms with Crippen molar-refractivity contribution in [1.82, 2.24) is 24.5 Å². The zero-order valence-corrected chi connectivity index (χ0v) is 15.9. The summed E-state index contributed by atoms with van der Waals surface area (Å²) in [4.78, 5) is 21.4. The second kappa shape index (κ2) is 7.62. The molecular formula is C22H21N5O2. The van der Waals surface area contributed by atoms with Crippen LogP contribution in [0.1, 0.15) is 5.56 Å². The van der Waals surface area contributed by atoms with Crippen LogP contribution in [0.5, 0.6) is 0 Å². The minimum atomic E-state index is -0.145. The van der Waals surface area contributed by atoms with Crippen molar-refractivity contribution in [2.45, 2.75) is 6.54 Å². The van der Waals surface area contributed by atoms with Crippen molar-refractivity contribution < 1.29 is 4.74 Å². The molecule has 146 valence electrons. The van der Waals surface area contributed by atoms with Crippen molar-refractivity contribution in [2.75, 3.05) is 26.3 Å². The Balaban J connectivity index is 1.45. The third kappa shape index (κ3) is 3.70. The largest absolute Gasteiger partial charge is 0.379 e. The average molecular weight is 387 g/mol. The molecule has 5 rings (SSSR count). The zero-order valence-electron chi connectivity index (χ0n) is 15.9. The van der Waals surface area contributed by atoms with Crippen molar-refractivity contribution in [3.63, 3.8) is 0 Å². The summed E-state index contributed by atoms with van der Waals surface area (Å²) in [5.74, 6) is 0. The minimum absolute atomic E-state index is 0.145. The van der Waals surface area contributed by atoms with Gasteiger partial charge in [-0.15, -0.1) is 0 Å². The van der Waals surface area contributed by atoms with Crippen LogP contribution in [0.3, 0.4) is 0 Å². The van der Waals surface area contributed by atoms with E-state index in [2.05, 4.69) is 39.2 Å². The Labute approximate surface area is 167 Å². The number of nitrogens with zero attached hydrogens (tertiary/aromatic N) is 4. The van der Waals surface area contributed by atoms with Crippen LogP contribution in [0.25, 0.3) is 28.0 Å². The molecule has 0 aliphatic carbocycles. The molecule has 1 aromatic carbocycles. The number of morpholine rings is 1. The number of H-pyrrole nitrogens is 1. The standard InChI is InChI=1S/C22H21N5O2/c28-21-13-18(5-7-23-21)20-6-8-27-22(25-20)19(14-24-27)17-3-1-16(2-4-17)15-26-9-11-29-12-10-26/h1-8,13-14H,9-12,15H2,(H,23,28). The molecule has 4 heterocycles. The molecule has 7 heteroatoms. The lowest BCUT2D eigenvalue weighted by atomic mass is 10.1. The Bertz CT molecular complexity index is 1190. The minimum Gasteiger partial charge on any atom is -0.379 e. The van der Waals surface area contributed by atoms with Crippen molar-refractivity contribution in [1.29, 1.82) is 0 Å². The monoisotopic (exact) mass is 387 g/mol. The summed E-state index contributed by atoms with van der Waals surface area (Å²) in [6, 6.07) is 13.8. The first kappa shape index (κ1) is 17.8. The molecule has 0 bridgehead atoms. The van der Waals surface area contributed by atoms with Gasteiger partial charge in [-0.3, -0.25) is 9.69 Å². The van der Waals surface area contributed by atoms with E-state index in [0.29, 0.717) is 0 Å². The van der Waals surface area contributed by atoms with Gasteiger partial charge in [-0.1, -0.05) is 24.3 Å². The van der Waals surface area contributed by atoms with E-state index >= 15 is 0 Å². The molecule has 1 aliphatic rings. The number of nitrogens with one attached hydrogen (secondary N) is 1. The number of fused-ring (bicyclic) bond motifs is 1. The lowest BCUT2D eigenvalue weighted by molar-refractivity contribution is 0.0342. The van der Waals surface area contributed by atoms with Gasteiger partial charge in [-0.25, -0.2) is 9.50 Å². The molecule has 1 N–H and O–H groups in total. The number of rotatable bonds is 4. The van der Waals surface area contributed by atoms with Crippen LogP contribution in [-0.2, 0) is 11.3 Å². The van der Waals surface area contributed by atoms with Gasteiger partial charge >= 0.3 is 0 Å². The average Bonchev–Trinajstić information content (AvgIpc) is 3.18. The van der Waals surface area contributed by atoms with Gasteiger partial charge in [0.05, 0.1) is 25.1 Å². The smallest absolute Gasteiger partial charge is 0.248 e. The summed E-state index contributed by atoms with van der Waals surface area (Å²) in [6.45, 7) is 4.50. The van der Waals surface area contributed by atoms with E-state index in [0.717, 1.165) is 60.9 Å². The highest BCUT2D eigenvalue weighted by Gasteiger charge is 2.13. The normalized spacial score (nSPS) is 15.0. The topological polar surface area (TPSA) is 75.5 Å². The molecule has 0 saturated carbocycles. The maximum Gasteiger partial charge on any atom is 0.248 e. The van der Waals surface area contributed by atoms with Crippen LogP contribution in [0, 0.1) is 0 Å². The highest BCUT2D eigenvalue weighted by Crippen LogP contribution is 2.26. The SMILES string of the molecule is O=c1cc(-c2ccn3ncc(-c4ccc(CN5CCOCC5)cc4)c3n2)cc[nH]1. The summed E-state index contributed by atoms with van der Waals surface area (Å²) in [6.07, 6.45) is 5.34. The first-order valence-electron chi connectivity index (χ1n) is 9.69. The van der Waals surface area contributed by atoms with E-state index in [9.17, 15) is 4.79 Å². The molecule has 1 aliphatic heterocycles. The number of hydrogen-bond acceptors (Lipinski definition) is 5. The number of aromatic nitrogens is 4. The maximum atomic E-state index is 11.6. The van der Waals surface area contributed by atoms with Crippen molar-refractivity contribution in [2.24, 2.45) is 0 Å². The molecule has 1 fully saturated rings. The Morgan fingerprint density at radius 2 is 1.86 bits per heavy atom. The number of aromatic amines is 1. The second-order valence-electron chi connectivity index (χ2n) is 7.17. The highest BCUT2D eigenvalue weighted by molar-refractivity contribution is 5.78. The molecule has 4 aromatic rings. The number of benzene rings is 1. The molecule has 0 unspecified atom stereocenters. The van der Waals surface area contributed by atoms with E-state index < -0.39 is 0 Å². The van der Waals surface area contributed by atoms with Gasteiger partial charge in [0.25, 0.3) is 0 Å². The molecule has 7 nitrogen and oxygen atoms in total. The van der Waals surface area contributed by atoms with Gasteiger partial charge in [0.2, 0.25) is 5.56 Å². The molecule has 0 spiro atoms. The van der Waals surface area contributed by atoms with E-state index in [-0.39, 0.29) is 5.56 Å². The Morgan fingerprint density at radius 1 is 1.03 bits per heavy atom. The Morgan fingerprint density at radius 3 is 2.66 bits per heavy atom. The molecule has 0 radical (unpaired) electrons. The van der Waals surface area contributed by atoms with Crippen LogP contribution in [0.15, 0.2) is 65.8 Å². The summed E-state index contributed by atoms with van der Waals surface area (Å²) >= 11 is 0. The first-order chi connectivity index (χ1) is 14.3. The molecule has 29 heavy (non-hydrogen) atoms. The third-order valence-electron chi connectivity index (χ3n) is 5.21. The lowest BCUT2D eigenvalue weighted by Crippen LogP contribution is -2.35. The maximum absolute atomic E-state index is 11.6. The predicted molar refractivity (Wildman–Crippen MR) is 111 cm³/mol. The van der Waals surface area contributed by atoms with Crippen molar-refractivity contribution in [3.8, 4) is 22.4 Å². The molecule has 0 amide bonds. The van der Waals surface area contributed by atoms with Gasteiger partial charge in [0.15, 0.2) is 5.65 Å². The van der Waals surface area contributed by atoms with Crippen LogP contribution in [0.2, 0.25) is 0 Å². The Kier molecular flexibility index (Phi) is 4.67. The second-order valence-corrected chi connectivity index (χ2v) is 7.17. The van der Waals surface area contributed by atoms with Gasteiger partial charge < -0.3 is 9.72 Å². The number of ether oxygens (including phenoxy) is 1. The van der Waals surface area contributed by atoms with Crippen molar-refractivity contribution in [3.05, 3.63) is 77.0 Å². The molecule has 3 aromatic heterocycles. The van der Waals surface area contributed by atoms with Crippen molar-refractivity contribution >= 4 is 5.65 Å². The van der Waals surface area contributed by atoms with Gasteiger partial charge in [0.1, 0.15) is 0 Å². The zero-order chi connectivity index (χ0) is 19.6. The van der Waals surface area contributed by atoms with Crippen LogP contribution in [-0.4, -0.2) is 50.8 Å². The van der Waals surface area contributed by atoms with E-state index in [1.54, 1.807) is 16.8 Å². The molecule has 0 atom stereocenters. The van der Waals surface area contributed by atoms with E-state index in [1.165, 1.54) is 5.56 Å². The Hall–Kier alpha value is -3.29.